The van der Waals surface area contributed by atoms with Crippen LogP contribution in [0.4, 0.5) is 30.6 Å². The number of phenols is 1. The van der Waals surface area contributed by atoms with Crippen LogP contribution in [-0.4, -0.2) is 117 Å². The average molecular weight is 880 g/mol. The van der Waals surface area contributed by atoms with Gasteiger partial charge in [-0.25, -0.2) is 13.6 Å². The van der Waals surface area contributed by atoms with E-state index >= 15 is 4.39 Å². The summed E-state index contributed by atoms with van der Waals surface area (Å²) >= 11 is 0. The van der Waals surface area contributed by atoms with Gasteiger partial charge >= 0.3 is 6.03 Å². The van der Waals surface area contributed by atoms with Crippen LogP contribution in [0.25, 0.3) is 10.9 Å². The van der Waals surface area contributed by atoms with E-state index in [-0.39, 0.29) is 29.4 Å². The van der Waals surface area contributed by atoms with Crippen molar-refractivity contribution in [1.82, 2.24) is 19.7 Å². The summed E-state index contributed by atoms with van der Waals surface area (Å²) in [7, 11) is 1.55. The van der Waals surface area contributed by atoms with Crippen molar-refractivity contribution in [2.24, 2.45) is 17.3 Å². The van der Waals surface area contributed by atoms with Gasteiger partial charge in [-0.3, -0.25) is 24.7 Å². The molecule has 7 heterocycles. The van der Waals surface area contributed by atoms with Gasteiger partial charge in [0, 0.05) is 94.7 Å². The van der Waals surface area contributed by atoms with E-state index in [1.54, 1.807) is 18.1 Å². The summed E-state index contributed by atoms with van der Waals surface area (Å²) in [5.41, 5.74) is 2.17. The number of fused-ring (bicyclic) bond motifs is 1. The zero-order valence-electron chi connectivity index (χ0n) is 36.7. The molecule has 4 amide bonds. The number of aromatic hydroxyl groups is 1. The van der Waals surface area contributed by atoms with Crippen molar-refractivity contribution in [3.63, 3.8) is 0 Å². The van der Waals surface area contributed by atoms with Gasteiger partial charge < -0.3 is 33.8 Å². The van der Waals surface area contributed by atoms with Crippen molar-refractivity contribution in [1.29, 1.82) is 0 Å². The Morgan fingerprint density at radius 3 is 2.12 bits per heavy atom. The summed E-state index contributed by atoms with van der Waals surface area (Å²) in [5.74, 6) is -0.576. The molecule has 3 aromatic carbocycles. The SMILES string of the molecule is COc1cc(N2CCC(CN3CCC(CN4CCC(n5ccc6c(N7CCC(=O)NC7=O)cccc65)CC4)CC3)CC2)c(F)cc1[C@@H]1N(c2cccc(F)c2O)C(=O)C12CCOCC2. The third kappa shape index (κ3) is 7.76. The first-order valence-electron chi connectivity index (χ1n) is 23.3. The second kappa shape index (κ2) is 17.6. The molecule has 0 saturated carbocycles. The minimum atomic E-state index is -0.865. The number of benzene rings is 3. The molecule has 2 N–H and O–H groups in total. The number of likely N-dealkylation sites (tertiary alicyclic amines) is 2. The van der Waals surface area contributed by atoms with E-state index in [1.165, 1.54) is 35.9 Å². The van der Waals surface area contributed by atoms with Crippen molar-refractivity contribution in [2.75, 3.05) is 93.9 Å². The first kappa shape index (κ1) is 42.7. The van der Waals surface area contributed by atoms with Gasteiger partial charge in [0.25, 0.3) is 0 Å². The Labute approximate surface area is 372 Å². The first-order valence-corrected chi connectivity index (χ1v) is 23.3. The Balaban J connectivity index is 0.708. The van der Waals surface area contributed by atoms with Crippen LogP contribution < -0.4 is 24.8 Å². The Bertz CT molecular complexity index is 2400. The van der Waals surface area contributed by atoms with Gasteiger partial charge in [0.15, 0.2) is 11.6 Å². The second-order valence-electron chi connectivity index (χ2n) is 18.9. The van der Waals surface area contributed by atoms with E-state index < -0.39 is 23.0 Å². The number of carbonyl (C=O) groups excluding carboxylic acids is 3. The van der Waals surface area contributed by atoms with E-state index in [0.717, 1.165) is 101 Å². The number of anilines is 3. The summed E-state index contributed by atoms with van der Waals surface area (Å²) < 4.78 is 44.8. The normalized spacial score (nSPS) is 23.3. The summed E-state index contributed by atoms with van der Waals surface area (Å²) in [6.07, 6.45) is 9.86. The fourth-order valence-electron chi connectivity index (χ4n) is 11.8. The molecular weight excluding hydrogens is 821 g/mol. The zero-order valence-corrected chi connectivity index (χ0v) is 36.7. The summed E-state index contributed by atoms with van der Waals surface area (Å²) in [5, 5.41) is 14.2. The molecule has 1 aromatic heterocycles. The monoisotopic (exact) mass is 879 g/mol. The van der Waals surface area contributed by atoms with Gasteiger partial charge in [-0.15, -0.1) is 0 Å². The zero-order chi connectivity index (χ0) is 44.1. The van der Waals surface area contributed by atoms with Crippen LogP contribution in [0.5, 0.6) is 11.5 Å². The Morgan fingerprint density at radius 2 is 1.44 bits per heavy atom. The van der Waals surface area contributed by atoms with Gasteiger partial charge in [0.05, 0.1) is 41.1 Å². The number of amides is 4. The summed E-state index contributed by atoms with van der Waals surface area (Å²) in [4.78, 5) is 48.7. The molecule has 6 aliphatic heterocycles. The molecule has 15 heteroatoms. The number of carbonyl (C=O) groups is 3. The maximum atomic E-state index is 16.3. The number of methoxy groups -OCH3 is 1. The molecule has 6 aliphatic rings. The molecule has 6 saturated heterocycles. The number of imide groups is 1. The van der Waals surface area contributed by atoms with Crippen molar-refractivity contribution in [2.45, 2.75) is 69.9 Å². The highest BCUT2D eigenvalue weighted by Crippen LogP contribution is 2.60. The Morgan fingerprint density at radius 1 is 0.781 bits per heavy atom. The van der Waals surface area contributed by atoms with Gasteiger partial charge in [-0.1, -0.05) is 12.1 Å². The molecule has 6 fully saturated rings. The molecule has 0 bridgehead atoms. The topological polar surface area (TPSA) is 123 Å². The highest BCUT2D eigenvalue weighted by atomic mass is 19.1. The van der Waals surface area contributed by atoms with Crippen LogP contribution in [0, 0.1) is 28.9 Å². The number of para-hydroxylation sites is 1. The van der Waals surface area contributed by atoms with Gasteiger partial charge in [0.1, 0.15) is 11.6 Å². The number of aromatic nitrogens is 1. The van der Waals surface area contributed by atoms with Crippen LogP contribution in [0.2, 0.25) is 0 Å². The lowest BCUT2D eigenvalue weighted by molar-refractivity contribution is -0.149. The van der Waals surface area contributed by atoms with Gasteiger partial charge in [0.2, 0.25) is 11.8 Å². The third-order valence-electron chi connectivity index (χ3n) is 15.4. The molecule has 13 nitrogen and oxygen atoms in total. The van der Waals surface area contributed by atoms with E-state index in [9.17, 15) is 23.9 Å². The lowest BCUT2D eigenvalue weighted by atomic mass is 9.62. The average Bonchev–Trinajstić information content (AvgIpc) is 3.75. The van der Waals surface area contributed by atoms with Gasteiger partial charge in [-0.2, -0.15) is 0 Å². The molecular formula is C49H59F2N7O6. The summed E-state index contributed by atoms with van der Waals surface area (Å²) in [6, 6.07) is 15.0. The van der Waals surface area contributed by atoms with Crippen molar-refractivity contribution in [3.05, 3.63) is 78.0 Å². The Hall–Kier alpha value is -5.25. The van der Waals surface area contributed by atoms with E-state index in [1.807, 2.05) is 12.1 Å². The molecule has 64 heavy (non-hydrogen) atoms. The number of hydrogen-bond acceptors (Lipinski definition) is 9. The predicted octanol–water partition coefficient (Wildman–Crippen LogP) is 7.23. The van der Waals surface area contributed by atoms with Crippen molar-refractivity contribution in [3.8, 4) is 11.5 Å². The third-order valence-corrected chi connectivity index (χ3v) is 15.4. The number of β-lactam (4-membered cyclic amide) rings is 1. The standard InChI is InChI=1S/C49H59F2N7O6/c1-63-43-29-42(38(51)28-36(43)46-49(16-26-64-27-17-49)47(61)58(46)41-7-2-4-37(50)45(41)60)55-22-10-33(11-23-55)31-53-18-8-32(9-19-53)30-54-20-12-34(13-21-54)56-24-14-35-39(56)5-3-6-40(35)57-25-15-44(59)52-48(57)62/h2-7,14,24,28-29,32-34,46,60H,8-13,15-23,25-27,30-31H2,1H3,(H,52,59,62)/t46-/m0/s1. The number of hydrogen-bond donors (Lipinski definition) is 2. The van der Waals surface area contributed by atoms with E-state index in [0.29, 0.717) is 73.9 Å². The molecule has 10 rings (SSSR count). The summed E-state index contributed by atoms with van der Waals surface area (Å²) in [6.45, 7) is 9.20. The van der Waals surface area contributed by atoms with Crippen LogP contribution in [0.1, 0.15) is 75.4 Å². The van der Waals surface area contributed by atoms with Crippen molar-refractivity contribution < 1.29 is 37.7 Å². The number of rotatable bonds is 10. The van der Waals surface area contributed by atoms with E-state index in [4.69, 9.17) is 9.47 Å². The molecule has 1 atom stereocenters. The van der Waals surface area contributed by atoms with Crippen molar-refractivity contribution >= 4 is 45.8 Å². The smallest absolute Gasteiger partial charge is 0.328 e. The molecule has 0 unspecified atom stereocenters. The molecule has 340 valence electrons. The minimum Gasteiger partial charge on any atom is -0.503 e. The first-order chi connectivity index (χ1) is 31.1. The quantitative estimate of drug-likeness (QED) is 0.159. The lowest BCUT2D eigenvalue weighted by Crippen LogP contribution is -2.65. The molecule has 0 aliphatic carbocycles. The fraction of sp³-hybridized carbons (Fsp3) is 0.531. The molecule has 4 aromatic rings. The fourth-order valence-corrected chi connectivity index (χ4v) is 11.8. The number of phenolic OH excluding ortho intramolecular Hbond substituents is 1. The largest absolute Gasteiger partial charge is 0.503 e. The predicted molar refractivity (Wildman–Crippen MR) is 240 cm³/mol. The lowest BCUT2D eigenvalue weighted by Gasteiger charge is -2.57. The maximum absolute atomic E-state index is 16.3. The number of piperidine rings is 3. The second-order valence-corrected chi connectivity index (χ2v) is 18.9. The Kier molecular flexibility index (Phi) is 11.7. The number of nitrogens with zero attached hydrogens (tertiary/aromatic N) is 6. The highest BCUT2D eigenvalue weighted by Gasteiger charge is 2.63. The maximum Gasteiger partial charge on any atom is 0.328 e. The van der Waals surface area contributed by atoms with Crippen LogP contribution >= 0.6 is 0 Å². The van der Waals surface area contributed by atoms with Crippen LogP contribution in [0.15, 0.2) is 60.8 Å². The van der Waals surface area contributed by atoms with E-state index in [2.05, 4.69) is 42.9 Å². The molecule has 0 radical (unpaired) electrons. The molecule has 1 spiro atoms. The van der Waals surface area contributed by atoms with Crippen LogP contribution in [-0.2, 0) is 14.3 Å². The number of halogens is 2. The van der Waals surface area contributed by atoms with Crippen LogP contribution in [0.3, 0.4) is 0 Å². The number of nitrogens with one attached hydrogen (secondary N) is 1. The van der Waals surface area contributed by atoms with Gasteiger partial charge in [-0.05, 0) is 113 Å². The number of ether oxygens (including phenoxy) is 2. The number of urea groups is 1. The highest BCUT2D eigenvalue weighted by molar-refractivity contribution is 6.10. The minimum absolute atomic E-state index is 0.0635.